The maximum absolute atomic E-state index is 11.9. The van der Waals surface area contributed by atoms with Gasteiger partial charge in [0.15, 0.2) is 5.69 Å². The van der Waals surface area contributed by atoms with E-state index in [2.05, 4.69) is 11.1 Å². The molecular weight excluding hydrogens is 332 g/mol. The summed E-state index contributed by atoms with van der Waals surface area (Å²) in [6.07, 6.45) is 0. The van der Waals surface area contributed by atoms with Crippen LogP contribution in [0.15, 0.2) is 18.2 Å². The molecule has 0 aliphatic heterocycles. The van der Waals surface area contributed by atoms with Crippen molar-refractivity contribution >= 4 is 22.7 Å². The van der Waals surface area contributed by atoms with Crippen LogP contribution in [0.1, 0.15) is 32.9 Å². The van der Waals surface area contributed by atoms with E-state index >= 15 is 0 Å². The molecule has 3 rings (SSSR count). The largest absolute Gasteiger partial charge is 0.496 e. The van der Waals surface area contributed by atoms with Crippen LogP contribution >= 0.6 is 0 Å². The van der Waals surface area contributed by atoms with Gasteiger partial charge in [-0.3, -0.25) is 4.57 Å². The van der Waals surface area contributed by atoms with Crippen LogP contribution in [0, 0.1) is 32.1 Å². The summed E-state index contributed by atoms with van der Waals surface area (Å²) < 4.78 is 6.99. The highest BCUT2D eigenvalue weighted by Gasteiger charge is 2.26. The van der Waals surface area contributed by atoms with Gasteiger partial charge in [0, 0.05) is 16.6 Å². The Morgan fingerprint density at radius 2 is 2.04 bits per heavy atom. The Balaban J connectivity index is 2.60. The van der Waals surface area contributed by atoms with E-state index in [4.69, 9.17) is 10.5 Å². The SMILES string of the molecule is COc1ccc(C)c(-n2c(N)c(C(=O)O)c3cc(C)nc(C#N)c32)c1C. The van der Waals surface area contributed by atoms with Crippen LogP contribution < -0.4 is 10.5 Å². The molecule has 0 aliphatic carbocycles. The lowest BCUT2D eigenvalue weighted by atomic mass is 10.1. The minimum absolute atomic E-state index is 0.0383. The van der Waals surface area contributed by atoms with Crippen molar-refractivity contribution in [2.24, 2.45) is 0 Å². The number of carboxylic acid groups (broad SMARTS) is 1. The summed E-state index contributed by atoms with van der Waals surface area (Å²) in [5, 5.41) is 19.7. The van der Waals surface area contributed by atoms with E-state index < -0.39 is 5.97 Å². The molecule has 26 heavy (non-hydrogen) atoms. The molecule has 3 N–H and O–H groups in total. The summed E-state index contributed by atoms with van der Waals surface area (Å²) >= 11 is 0. The van der Waals surface area contributed by atoms with Gasteiger partial charge in [0.25, 0.3) is 0 Å². The number of nitrogens with two attached hydrogens (primary N) is 1. The highest BCUT2D eigenvalue weighted by atomic mass is 16.5. The molecule has 0 atom stereocenters. The summed E-state index contributed by atoms with van der Waals surface area (Å²) in [5.41, 5.74) is 9.61. The Morgan fingerprint density at radius 3 is 2.62 bits per heavy atom. The molecule has 132 valence electrons. The van der Waals surface area contributed by atoms with Gasteiger partial charge in [0.05, 0.1) is 18.3 Å². The summed E-state index contributed by atoms with van der Waals surface area (Å²) in [6, 6.07) is 7.39. The lowest BCUT2D eigenvalue weighted by molar-refractivity contribution is 0.0700. The number of aromatic nitrogens is 2. The first-order chi connectivity index (χ1) is 12.3. The van der Waals surface area contributed by atoms with Crippen molar-refractivity contribution in [3.63, 3.8) is 0 Å². The van der Waals surface area contributed by atoms with Crippen LogP contribution in [0.25, 0.3) is 16.6 Å². The highest BCUT2D eigenvalue weighted by molar-refractivity contribution is 6.10. The molecule has 0 saturated carbocycles. The van der Waals surface area contributed by atoms with Crippen molar-refractivity contribution < 1.29 is 14.6 Å². The van der Waals surface area contributed by atoms with E-state index in [1.807, 2.05) is 26.0 Å². The molecule has 0 saturated heterocycles. The van der Waals surface area contributed by atoms with E-state index in [1.165, 1.54) is 0 Å². The van der Waals surface area contributed by atoms with E-state index in [0.717, 1.165) is 11.1 Å². The number of rotatable bonds is 3. The van der Waals surface area contributed by atoms with E-state index in [0.29, 0.717) is 28.0 Å². The van der Waals surface area contributed by atoms with Crippen LogP contribution in [0.3, 0.4) is 0 Å². The highest BCUT2D eigenvalue weighted by Crippen LogP contribution is 2.37. The van der Waals surface area contributed by atoms with E-state index in [-0.39, 0.29) is 17.1 Å². The second kappa shape index (κ2) is 6.08. The van der Waals surface area contributed by atoms with Gasteiger partial charge in [-0.1, -0.05) is 6.07 Å². The molecule has 0 bridgehead atoms. The third-order valence-electron chi connectivity index (χ3n) is 4.46. The molecule has 0 fully saturated rings. The summed E-state index contributed by atoms with van der Waals surface area (Å²) in [7, 11) is 1.56. The second-order valence-corrected chi connectivity index (χ2v) is 6.08. The molecule has 7 heteroatoms. The Kier molecular flexibility index (Phi) is 4.04. The van der Waals surface area contributed by atoms with Crippen LogP contribution in [0.4, 0.5) is 5.82 Å². The molecule has 7 nitrogen and oxygen atoms in total. The van der Waals surface area contributed by atoms with Gasteiger partial charge in [-0.05, 0) is 38.5 Å². The zero-order chi connectivity index (χ0) is 19.2. The lowest BCUT2D eigenvalue weighted by Gasteiger charge is -2.17. The number of methoxy groups -OCH3 is 1. The van der Waals surface area contributed by atoms with E-state index in [1.54, 1.807) is 24.7 Å². The predicted molar refractivity (Wildman–Crippen MR) is 97.9 cm³/mol. The maximum Gasteiger partial charge on any atom is 0.340 e. The maximum atomic E-state index is 11.9. The summed E-state index contributed by atoms with van der Waals surface area (Å²) in [6.45, 7) is 5.46. The topological polar surface area (TPSA) is 114 Å². The fourth-order valence-electron chi connectivity index (χ4n) is 3.37. The Hall–Kier alpha value is -3.53. The number of pyridine rings is 1. The molecule has 2 heterocycles. The molecular formula is C19H18N4O3. The van der Waals surface area contributed by atoms with Gasteiger partial charge in [-0.2, -0.15) is 5.26 Å². The summed E-state index contributed by atoms with van der Waals surface area (Å²) in [4.78, 5) is 16.1. The number of anilines is 1. The standard InChI is InChI=1S/C19H18N4O3/c1-9-5-6-14(26-4)11(3)16(9)23-17-12(15(18(23)21)19(24)25)7-10(2)22-13(17)8-20/h5-7H,21H2,1-4H3,(H,24,25). The smallest absolute Gasteiger partial charge is 0.340 e. The average molecular weight is 350 g/mol. The molecule has 0 unspecified atom stereocenters. The first-order valence-electron chi connectivity index (χ1n) is 7.91. The minimum atomic E-state index is -1.15. The van der Waals surface area contributed by atoms with Gasteiger partial charge in [-0.15, -0.1) is 0 Å². The number of ether oxygens (including phenoxy) is 1. The van der Waals surface area contributed by atoms with Crippen molar-refractivity contribution in [3.8, 4) is 17.5 Å². The van der Waals surface area contributed by atoms with Gasteiger partial charge in [0.2, 0.25) is 0 Å². The van der Waals surface area contributed by atoms with Crippen LogP contribution in [0.5, 0.6) is 5.75 Å². The zero-order valence-corrected chi connectivity index (χ0v) is 14.9. The van der Waals surface area contributed by atoms with Crippen molar-refractivity contribution in [1.82, 2.24) is 9.55 Å². The van der Waals surface area contributed by atoms with Crippen molar-refractivity contribution in [2.45, 2.75) is 20.8 Å². The normalized spacial score (nSPS) is 10.7. The predicted octanol–water partition coefficient (Wildman–Crippen LogP) is 3.11. The Morgan fingerprint density at radius 1 is 1.35 bits per heavy atom. The average Bonchev–Trinajstić information content (AvgIpc) is 2.86. The van der Waals surface area contributed by atoms with Gasteiger partial charge < -0.3 is 15.6 Å². The van der Waals surface area contributed by atoms with Crippen LogP contribution in [-0.4, -0.2) is 27.7 Å². The Bertz CT molecular complexity index is 1110. The lowest BCUT2D eigenvalue weighted by Crippen LogP contribution is -2.08. The quantitative estimate of drug-likeness (QED) is 0.750. The molecule has 0 spiro atoms. The van der Waals surface area contributed by atoms with Gasteiger partial charge >= 0.3 is 5.97 Å². The first kappa shape index (κ1) is 17.3. The molecule has 2 aromatic heterocycles. The molecule has 0 aliphatic rings. The number of nitrogen functional groups attached to an aromatic ring is 1. The number of aryl methyl sites for hydroxylation is 2. The van der Waals surface area contributed by atoms with E-state index in [9.17, 15) is 15.2 Å². The number of nitriles is 1. The summed E-state index contributed by atoms with van der Waals surface area (Å²) in [5.74, 6) is -0.461. The minimum Gasteiger partial charge on any atom is -0.496 e. The fraction of sp³-hybridized carbons (Fsp3) is 0.211. The van der Waals surface area contributed by atoms with Gasteiger partial charge in [0.1, 0.15) is 23.2 Å². The fourth-order valence-corrected chi connectivity index (χ4v) is 3.37. The van der Waals surface area contributed by atoms with Gasteiger partial charge in [-0.25, -0.2) is 9.78 Å². The first-order valence-corrected chi connectivity index (χ1v) is 7.91. The van der Waals surface area contributed by atoms with Crippen molar-refractivity contribution in [1.29, 1.82) is 5.26 Å². The molecule has 1 aromatic carbocycles. The zero-order valence-electron chi connectivity index (χ0n) is 14.9. The van der Waals surface area contributed by atoms with Crippen molar-refractivity contribution in [3.05, 3.63) is 46.3 Å². The van der Waals surface area contributed by atoms with Crippen molar-refractivity contribution in [2.75, 3.05) is 12.8 Å². The second-order valence-electron chi connectivity index (χ2n) is 6.08. The number of nitrogens with zero attached hydrogens (tertiary/aromatic N) is 3. The van der Waals surface area contributed by atoms with Crippen LogP contribution in [0.2, 0.25) is 0 Å². The molecule has 0 radical (unpaired) electrons. The number of aromatic carboxylic acids is 1. The molecule has 0 amide bonds. The third-order valence-corrected chi connectivity index (χ3v) is 4.46. The van der Waals surface area contributed by atoms with Crippen LogP contribution in [-0.2, 0) is 0 Å². The third kappa shape index (κ3) is 2.35. The molecule has 3 aromatic rings. The monoisotopic (exact) mass is 350 g/mol. The number of hydrogen-bond donors (Lipinski definition) is 2. The Labute approximate surface area is 150 Å². The number of fused-ring (bicyclic) bond motifs is 1. The number of carboxylic acids is 1. The number of hydrogen-bond acceptors (Lipinski definition) is 5. The number of benzene rings is 1. The number of carbonyl (C=O) groups is 1.